The summed E-state index contributed by atoms with van der Waals surface area (Å²) in [4.78, 5) is 5.82. The second-order valence-electron chi connectivity index (χ2n) is 4.77. The highest BCUT2D eigenvalue weighted by Crippen LogP contribution is 2.18. The molecule has 20 heavy (non-hydrogen) atoms. The number of nitrogens with zero attached hydrogens (tertiary/aromatic N) is 1. The summed E-state index contributed by atoms with van der Waals surface area (Å²) in [6, 6.07) is 10.0. The lowest BCUT2D eigenvalue weighted by Crippen LogP contribution is -2.37. The average Bonchev–Trinajstić information content (AvgIpc) is 2.77. The van der Waals surface area contributed by atoms with Crippen LogP contribution in [0, 0.1) is 13.8 Å². The number of ether oxygens (including phenoxy) is 1. The Bertz CT molecular complexity index is 508. The van der Waals surface area contributed by atoms with Crippen molar-refractivity contribution in [3.05, 3.63) is 45.9 Å². The van der Waals surface area contributed by atoms with Gasteiger partial charge in [-0.15, -0.1) is 11.3 Å². The topological polar surface area (TPSA) is 60.2 Å². The first-order valence-electron chi connectivity index (χ1n) is 6.76. The molecule has 0 radical (unpaired) electrons. The summed E-state index contributed by atoms with van der Waals surface area (Å²) in [6.45, 7) is 4.78. The molecule has 5 heteroatoms. The van der Waals surface area contributed by atoms with Crippen molar-refractivity contribution in [1.82, 2.24) is 10.4 Å². The first-order chi connectivity index (χ1) is 9.69. The van der Waals surface area contributed by atoms with Crippen molar-refractivity contribution in [2.75, 3.05) is 6.61 Å². The Hall–Kier alpha value is -1.43. The molecule has 0 saturated carbocycles. The maximum absolute atomic E-state index is 5.69. The van der Waals surface area contributed by atoms with E-state index in [4.69, 9.17) is 10.6 Å². The number of nitrogens with one attached hydrogen (secondary N) is 1. The van der Waals surface area contributed by atoms with Crippen LogP contribution in [0.15, 0.2) is 30.3 Å². The molecule has 1 heterocycles. The molecule has 0 aliphatic heterocycles. The second kappa shape index (κ2) is 7.38. The van der Waals surface area contributed by atoms with Gasteiger partial charge in [0.25, 0.3) is 0 Å². The lowest BCUT2D eigenvalue weighted by molar-refractivity contribution is 0.285. The summed E-state index contributed by atoms with van der Waals surface area (Å²) in [5, 5.41) is 1.13. The fourth-order valence-electron chi connectivity index (χ4n) is 1.92. The van der Waals surface area contributed by atoms with Gasteiger partial charge < -0.3 is 4.74 Å². The number of aromatic nitrogens is 1. The van der Waals surface area contributed by atoms with E-state index in [2.05, 4.69) is 17.3 Å². The first kappa shape index (κ1) is 15.0. The number of nitrogens with two attached hydrogens (primary N) is 1. The third-order valence-corrected chi connectivity index (χ3v) is 4.30. The van der Waals surface area contributed by atoms with Crippen LogP contribution in [0.5, 0.6) is 5.75 Å². The SMILES string of the molecule is Cc1nc(CC(CCOc2ccccc2)NN)sc1C. The van der Waals surface area contributed by atoms with Crippen molar-refractivity contribution in [2.24, 2.45) is 5.84 Å². The molecule has 0 bridgehead atoms. The lowest BCUT2D eigenvalue weighted by Gasteiger charge is -2.14. The van der Waals surface area contributed by atoms with E-state index >= 15 is 0 Å². The number of hydrogen-bond acceptors (Lipinski definition) is 5. The molecular weight excluding hydrogens is 270 g/mol. The van der Waals surface area contributed by atoms with E-state index in [0.717, 1.165) is 29.3 Å². The Kier molecular flexibility index (Phi) is 5.52. The van der Waals surface area contributed by atoms with Crippen LogP contribution in [-0.4, -0.2) is 17.6 Å². The highest BCUT2D eigenvalue weighted by molar-refractivity contribution is 7.11. The van der Waals surface area contributed by atoms with Crippen molar-refractivity contribution >= 4 is 11.3 Å². The number of benzene rings is 1. The normalized spacial score (nSPS) is 12.3. The van der Waals surface area contributed by atoms with Crippen LogP contribution in [0.4, 0.5) is 0 Å². The third kappa shape index (κ3) is 4.30. The van der Waals surface area contributed by atoms with Crippen LogP contribution >= 0.6 is 11.3 Å². The Labute approximate surface area is 124 Å². The van der Waals surface area contributed by atoms with E-state index in [1.807, 2.05) is 37.3 Å². The van der Waals surface area contributed by atoms with Gasteiger partial charge in [-0.05, 0) is 32.4 Å². The third-order valence-electron chi connectivity index (χ3n) is 3.21. The molecule has 2 aromatic rings. The number of para-hydroxylation sites is 1. The lowest BCUT2D eigenvalue weighted by atomic mass is 10.1. The van der Waals surface area contributed by atoms with Crippen LogP contribution in [0.3, 0.4) is 0 Å². The minimum absolute atomic E-state index is 0.184. The zero-order chi connectivity index (χ0) is 14.4. The Balaban J connectivity index is 1.80. The molecule has 4 nitrogen and oxygen atoms in total. The number of aryl methyl sites for hydroxylation is 2. The molecule has 0 spiro atoms. The maximum Gasteiger partial charge on any atom is 0.119 e. The van der Waals surface area contributed by atoms with Crippen LogP contribution in [0.2, 0.25) is 0 Å². The second-order valence-corrected chi connectivity index (χ2v) is 6.05. The van der Waals surface area contributed by atoms with Gasteiger partial charge in [0, 0.05) is 17.3 Å². The number of thiazole rings is 1. The predicted molar refractivity (Wildman–Crippen MR) is 83.0 cm³/mol. The summed E-state index contributed by atoms with van der Waals surface area (Å²) >= 11 is 1.74. The van der Waals surface area contributed by atoms with Gasteiger partial charge in [0.2, 0.25) is 0 Å². The Morgan fingerprint density at radius 1 is 1.30 bits per heavy atom. The van der Waals surface area contributed by atoms with Gasteiger partial charge in [0.05, 0.1) is 17.3 Å². The predicted octanol–water partition coefficient (Wildman–Crippen LogP) is 2.60. The van der Waals surface area contributed by atoms with Gasteiger partial charge in [0.1, 0.15) is 5.75 Å². The van der Waals surface area contributed by atoms with Gasteiger partial charge in [-0.25, -0.2) is 4.98 Å². The minimum atomic E-state index is 0.184. The molecule has 1 aromatic heterocycles. The molecule has 1 unspecified atom stereocenters. The number of rotatable bonds is 7. The summed E-state index contributed by atoms with van der Waals surface area (Å²) in [5.74, 6) is 6.51. The quantitative estimate of drug-likeness (QED) is 0.608. The molecule has 0 saturated heterocycles. The molecule has 1 atom stereocenters. The van der Waals surface area contributed by atoms with Crippen LogP contribution in [0.25, 0.3) is 0 Å². The fraction of sp³-hybridized carbons (Fsp3) is 0.400. The van der Waals surface area contributed by atoms with Crippen LogP contribution in [-0.2, 0) is 6.42 Å². The number of hydrazine groups is 1. The van der Waals surface area contributed by atoms with E-state index in [-0.39, 0.29) is 6.04 Å². The largest absolute Gasteiger partial charge is 0.494 e. The summed E-state index contributed by atoms with van der Waals surface area (Å²) in [5.41, 5.74) is 3.96. The molecule has 108 valence electrons. The van der Waals surface area contributed by atoms with Crippen molar-refractivity contribution in [3.63, 3.8) is 0 Å². The van der Waals surface area contributed by atoms with Crippen molar-refractivity contribution < 1.29 is 4.74 Å². The highest BCUT2D eigenvalue weighted by Gasteiger charge is 2.12. The zero-order valence-corrected chi connectivity index (χ0v) is 12.7. The highest BCUT2D eigenvalue weighted by atomic mass is 32.1. The Morgan fingerprint density at radius 2 is 2.05 bits per heavy atom. The van der Waals surface area contributed by atoms with Gasteiger partial charge in [-0.1, -0.05) is 18.2 Å². The van der Waals surface area contributed by atoms with Crippen molar-refractivity contribution in [3.8, 4) is 5.75 Å². The summed E-state index contributed by atoms with van der Waals surface area (Å²) in [6.07, 6.45) is 1.69. The molecule has 0 aliphatic carbocycles. The molecule has 0 aliphatic rings. The van der Waals surface area contributed by atoms with E-state index in [1.54, 1.807) is 11.3 Å². The molecule has 3 N–H and O–H groups in total. The van der Waals surface area contributed by atoms with Gasteiger partial charge in [-0.2, -0.15) is 0 Å². The average molecular weight is 291 g/mol. The van der Waals surface area contributed by atoms with E-state index in [0.29, 0.717) is 6.61 Å². The molecule has 0 fully saturated rings. The monoisotopic (exact) mass is 291 g/mol. The van der Waals surface area contributed by atoms with Crippen molar-refractivity contribution in [1.29, 1.82) is 0 Å². The van der Waals surface area contributed by atoms with Crippen LogP contribution < -0.4 is 16.0 Å². The summed E-state index contributed by atoms with van der Waals surface area (Å²) < 4.78 is 5.69. The van der Waals surface area contributed by atoms with Gasteiger partial charge in [0.15, 0.2) is 0 Å². The molecule has 1 aromatic carbocycles. The first-order valence-corrected chi connectivity index (χ1v) is 7.57. The van der Waals surface area contributed by atoms with E-state index < -0.39 is 0 Å². The Morgan fingerprint density at radius 3 is 2.65 bits per heavy atom. The fourth-order valence-corrected chi connectivity index (χ4v) is 2.93. The van der Waals surface area contributed by atoms with Crippen molar-refractivity contribution in [2.45, 2.75) is 32.7 Å². The summed E-state index contributed by atoms with van der Waals surface area (Å²) in [7, 11) is 0. The minimum Gasteiger partial charge on any atom is -0.494 e. The standard InChI is InChI=1S/C15H21N3OS/c1-11-12(2)20-15(17-11)10-13(18-16)8-9-19-14-6-4-3-5-7-14/h3-7,13,18H,8-10,16H2,1-2H3. The van der Waals surface area contributed by atoms with Gasteiger partial charge >= 0.3 is 0 Å². The van der Waals surface area contributed by atoms with E-state index in [1.165, 1.54) is 4.88 Å². The smallest absolute Gasteiger partial charge is 0.119 e. The molecule has 2 rings (SSSR count). The number of hydrogen-bond donors (Lipinski definition) is 2. The molecular formula is C15H21N3OS. The van der Waals surface area contributed by atoms with Gasteiger partial charge in [-0.3, -0.25) is 11.3 Å². The van der Waals surface area contributed by atoms with E-state index in [9.17, 15) is 0 Å². The maximum atomic E-state index is 5.69. The zero-order valence-electron chi connectivity index (χ0n) is 11.9. The molecule has 0 amide bonds. The van der Waals surface area contributed by atoms with Crippen LogP contribution in [0.1, 0.15) is 22.0 Å².